The highest BCUT2D eigenvalue weighted by atomic mass is 16.5. The summed E-state index contributed by atoms with van der Waals surface area (Å²) in [5.41, 5.74) is 1.26. The van der Waals surface area contributed by atoms with Crippen molar-refractivity contribution in [3.63, 3.8) is 0 Å². The summed E-state index contributed by atoms with van der Waals surface area (Å²) >= 11 is 0. The Balaban J connectivity index is 1.49. The van der Waals surface area contributed by atoms with E-state index in [1.807, 2.05) is 48.0 Å². The number of rotatable bonds is 10. The Morgan fingerprint density at radius 1 is 1.15 bits per heavy atom. The lowest BCUT2D eigenvalue weighted by Crippen LogP contribution is -3.12. The molecule has 1 saturated heterocycles. The fraction of sp³-hybridized carbons (Fsp3) is 0.517. The van der Waals surface area contributed by atoms with Gasteiger partial charge in [-0.25, -0.2) is 4.68 Å². The van der Waals surface area contributed by atoms with Gasteiger partial charge >= 0.3 is 0 Å². The van der Waals surface area contributed by atoms with Crippen LogP contribution in [0.4, 0.5) is 0 Å². The quantitative estimate of drug-likeness (QED) is 0.321. The molecule has 39 heavy (non-hydrogen) atoms. The standard InChI is InChI=1S/C29H36N6O4/c1-2-37-22-12-13-26-20(16-22)17-25(29(36)30-26)27(28-31-32-33-35(28)21-8-4-3-5-9-21)34(18-23-10-6-14-38-23)19-24-11-7-15-39-24/h6,10,12-14,16-17,21,24,27H,2-5,7-9,11,15,18-19H2,1H3,(H,30,36)/p+1. The maximum Gasteiger partial charge on any atom is 0.258 e. The van der Waals surface area contributed by atoms with Crippen molar-refractivity contribution in [1.29, 1.82) is 0 Å². The number of aromatic nitrogens is 5. The Bertz CT molecular complexity index is 1420. The van der Waals surface area contributed by atoms with Crippen LogP contribution < -0.4 is 15.2 Å². The van der Waals surface area contributed by atoms with Crippen LogP contribution in [0.3, 0.4) is 0 Å². The van der Waals surface area contributed by atoms with Crippen molar-refractivity contribution in [1.82, 2.24) is 25.2 Å². The summed E-state index contributed by atoms with van der Waals surface area (Å²) in [5, 5.41) is 14.1. The molecule has 3 atom stereocenters. The predicted molar refractivity (Wildman–Crippen MR) is 145 cm³/mol. The monoisotopic (exact) mass is 533 g/mol. The highest BCUT2D eigenvalue weighted by Gasteiger charge is 2.38. The van der Waals surface area contributed by atoms with Crippen LogP contribution in [0, 0.1) is 0 Å². The normalized spacial score (nSPS) is 19.9. The SMILES string of the molecule is CCOc1ccc2[nH]c(=O)c(C(c3nnnn3C3CCCCC3)[NH+](Cc3ccco3)CC3CCCO3)cc2c1. The molecule has 1 saturated carbocycles. The zero-order valence-electron chi connectivity index (χ0n) is 22.5. The Kier molecular flexibility index (Phi) is 7.74. The molecule has 10 heteroatoms. The van der Waals surface area contributed by atoms with E-state index in [0.717, 1.165) is 72.4 Å². The van der Waals surface area contributed by atoms with Crippen molar-refractivity contribution >= 4 is 10.9 Å². The van der Waals surface area contributed by atoms with Gasteiger partial charge in [-0.05, 0) is 79.4 Å². The predicted octanol–water partition coefficient (Wildman–Crippen LogP) is 3.37. The summed E-state index contributed by atoms with van der Waals surface area (Å²) in [6, 6.07) is 11.4. The molecule has 2 N–H and O–H groups in total. The maximum absolute atomic E-state index is 13.8. The summed E-state index contributed by atoms with van der Waals surface area (Å²) in [7, 11) is 0. The van der Waals surface area contributed by atoms with E-state index in [4.69, 9.17) is 13.9 Å². The summed E-state index contributed by atoms with van der Waals surface area (Å²) in [5.74, 6) is 2.33. The first-order chi connectivity index (χ1) is 19.2. The van der Waals surface area contributed by atoms with Crippen molar-refractivity contribution in [2.45, 2.75) is 76.6 Å². The summed E-state index contributed by atoms with van der Waals surface area (Å²) in [6.45, 7) is 4.58. The van der Waals surface area contributed by atoms with Crippen molar-refractivity contribution in [2.75, 3.05) is 19.8 Å². The molecular formula is C29H37N6O4+. The lowest BCUT2D eigenvalue weighted by atomic mass is 9.95. The van der Waals surface area contributed by atoms with Gasteiger partial charge in [-0.3, -0.25) is 4.79 Å². The zero-order valence-corrected chi connectivity index (χ0v) is 22.5. The number of tetrazole rings is 1. The van der Waals surface area contributed by atoms with E-state index < -0.39 is 6.04 Å². The summed E-state index contributed by atoms with van der Waals surface area (Å²) < 4.78 is 19.6. The van der Waals surface area contributed by atoms with E-state index in [-0.39, 0.29) is 17.7 Å². The lowest BCUT2D eigenvalue weighted by Gasteiger charge is -2.31. The molecule has 1 aliphatic heterocycles. The molecule has 2 fully saturated rings. The molecule has 4 heterocycles. The Morgan fingerprint density at radius 3 is 2.82 bits per heavy atom. The van der Waals surface area contributed by atoms with Gasteiger partial charge in [-0.15, -0.1) is 5.10 Å². The topological polar surface area (TPSA) is 112 Å². The largest absolute Gasteiger partial charge is 0.494 e. The summed E-state index contributed by atoms with van der Waals surface area (Å²) in [6.07, 6.45) is 9.45. The number of ether oxygens (including phenoxy) is 2. The first kappa shape index (κ1) is 25.8. The van der Waals surface area contributed by atoms with E-state index in [0.29, 0.717) is 31.1 Å². The third-order valence-corrected chi connectivity index (χ3v) is 8.07. The van der Waals surface area contributed by atoms with Crippen molar-refractivity contribution in [2.24, 2.45) is 0 Å². The number of hydrogen-bond acceptors (Lipinski definition) is 7. The van der Waals surface area contributed by atoms with Crippen molar-refractivity contribution in [3.05, 3.63) is 70.2 Å². The molecule has 2 aliphatic rings. The van der Waals surface area contributed by atoms with Gasteiger partial charge in [0.15, 0.2) is 11.8 Å². The second kappa shape index (κ2) is 11.7. The number of hydrogen-bond donors (Lipinski definition) is 2. The first-order valence-corrected chi connectivity index (χ1v) is 14.3. The number of fused-ring (bicyclic) bond motifs is 1. The second-order valence-corrected chi connectivity index (χ2v) is 10.7. The third kappa shape index (κ3) is 5.62. The van der Waals surface area contributed by atoms with E-state index in [2.05, 4.69) is 20.5 Å². The van der Waals surface area contributed by atoms with Crippen LogP contribution in [0.1, 0.15) is 81.1 Å². The molecule has 0 radical (unpaired) electrons. The molecule has 1 aromatic carbocycles. The zero-order chi connectivity index (χ0) is 26.6. The maximum atomic E-state index is 13.8. The molecule has 10 nitrogen and oxygen atoms in total. The minimum Gasteiger partial charge on any atom is -0.494 e. The Morgan fingerprint density at radius 2 is 2.05 bits per heavy atom. The van der Waals surface area contributed by atoms with Crippen LogP contribution in [0.2, 0.25) is 0 Å². The first-order valence-electron chi connectivity index (χ1n) is 14.3. The average Bonchev–Trinajstić information content (AvgIpc) is 3.74. The molecule has 1 aliphatic carbocycles. The number of pyridine rings is 1. The van der Waals surface area contributed by atoms with E-state index in [1.54, 1.807) is 6.26 Å². The minimum atomic E-state index is -0.417. The van der Waals surface area contributed by atoms with E-state index >= 15 is 0 Å². The fourth-order valence-corrected chi connectivity index (χ4v) is 6.22. The van der Waals surface area contributed by atoms with Gasteiger partial charge in [0.25, 0.3) is 5.56 Å². The van der Waals surface area contributed by atoms with Gasteiger partial charge in [0.05, 0.1) is 24.5 Å². The van der Waals surface area contributed by atoms with Crippen LogP contribution in [0.15, 0.2) is 51.9 Å². The van der Waals surface area contributed by atoms with E-state index in [9.17, 15) is 4.79 Å². The minimum absolute atomic E-state index is 0.0977. The molecule has 206 valence electrons. The number of furan rings is 1. The van der Waals surface area contributed by atoms with Crippen molar-refractivity contribution < 1.29 is 18.8 Å². The fourth-order valence-electron chi connectivity index (χ4n) is 6.22. The van der Waals surface area contributed by atoms with Crippen LogP contribution in [-0.4, -0.2) is 51.1 Å². The third-order valence-electron chi connectivity index (χ3n) is 8.07. The average molecular weight is 534 g/mol. The van der Waals surface area contributed by atoms with Gasteiger partial charge in [0.2, 0.25) is 5.82 Å². The van der Waals surface area contributed by atoms with Crippen LogP contribution in [-0.2, 0) is 11.3 Å². The smallest absolute Gasteiger partial charge is 0.258 e. The second-order valence-electron chi connectivity index (χ2n) is 10.7. The number of benzene rings is 1. The molecule has 0 spiro atoms. The number of H-pyrrole nitrogens is 1. The molecule has 0 amide bonds. The lowest BCUT2D eigenvalue weighted by molar-refractivity contribution is -0.943. The molecular weight excluding hydrogens is 496 g/mol. The highest BCUT2D eigenvalue weighted by molar-refractivity contribution is 5.80. The molecule has 0 bridgehead atoms. The van der Waals surface area contributed by atoms with Gasteiger partial charge in [0, 0.05) is 17.5 Å². The van der Waals surface area contributed by atoms with Crippen molar-refractivity contribution in [3.8, 4) is 5.75 Å². The molecule has 4 aromatic rings. The van der Waals surface area contributed by atoms with E-state index in [1.165, 1.54) is 6.42 Å². The van der Waals surface area contributed by atoms with Crippen LogP contribution in [0.5, 0.6) is 5.75 Å². The number of quaternary nitrogens is 1. The number of nitrogens with zero attached hydrogens (tertiary/aromatic N) is 4. The van der Waals surface area contributed by atoms with Gasteiger partial charge < -0.3 is 23.8 Å². The molecule has 6 rings (SSSR count). The number of aromatic amines is 1. The molecule has 3 unspecified atom stereocenters. The Hall–Kier alpha value is -3.50. The van der Waals surface area contributed by atoms with Gasteiger partial charge in [-0.2, -0.15) is 0 Å². The summed E-state index contributed by atoms with van der Waals surface area (Å²) in [4.78, 5) is 18.0. The Labute approximate surface area is 227 Å². The van der Waals surface area contributed by atoms with Gasteiger partial charge in [-0.1, -0.05) is 19.3 Å². The van der Waals surface area contributed by atoms with Crippen LogP contribution >= 0.6 is 0 Å². The van der Waals surface area contributed by atoms with Crippen LogP contribution in [0.25, 0.3) is 10.9 Å². The molecule has 3 aromatic heterocycles. The van der Waals surface area contributed by atoms with Gasteiger partial charge in [0.1, 0.15) is 24.9 Å². The number of nitrogens with one attached hydrogen (secondary N) is 2. The highest BCUT2D eigenvalue weighted by Crippen LogP contribution is 2.30.